The van der Waals surface area contributed by atoms with E-state index in [1.807, 2.05) is 13.0 Å². The molecule has 1 aromatic rings. The second-order valence-electron chi connectivity index (χ2n) is 1.57. The van der Waals surface area contributed by atoms with Gasteiger partial charge >= 0.3 is 0 Å². The first-order valence-corrected chi connectivity index (χ1v) is 2.91. The SMILES string of the molecule is Cc1cc(C[S])no1. The van der Waals surface area contributed by atoms with Crippen molar-refractivity contribution >= 4 is 12.6 Å². The molecule has 3 heteroatoms. The molecule has 0 N–H and O–H groups in total. The first-order chi connectivity index (χ1) is 3.83. The number of aryl methyl sites for hydroxylation is 1. The van der Waals surface area contributed by atoms with Crippen LogP contribution in [0.4, 0.5) is 0 Å². The topological polar surface area (TPSA) is 26.0 Å². The molecule has 0 aliphatic carbocycles. The molecule has 1 aromatic heterocycles. The molecule has 1 heterocycles. The van der Waals surface area contributed by atoms with E-state index in [-0.39, 0.29) is 0 Å². The van der Waals surface area contributed by atoms with Gasteiger partial charge in [0.25, 0.3) is 0 Å². The molecule has 0 aliphatic rings. The van der Waals surface area contributed by atoms with Crippen LogP contribution in [0.2, 0.25) is 0 Å². The van der Waals surface area contributed by atoms with Crippen molar-refractivity contribution in [2.24, 2.45) is 0 Å². The largest absolute Gasteiger partial charge is 0.361 e. The van der Waals surface area contributed by atoms with E-state index in [1.165, 1.54) is 0 Å². The molecule has 1 radical (unpaired) electrons. The molecule has 0 unspecified atom stereocenters. The summed E-state index contributed by atoms with van der Waals surface area (Å²) in [5.41, 5.74) is 0.845. The maximum Gasteiger partial charge on any atom is 0.133 e. The molecular formula is C5H6NOS. The highest BCUT2D eigenvalue weighted by Crippen LogP contribution is 2.02. The molecule has 1 rings (SSSR count). The van der Waals surface area contributed by atoms with Gasteiger partial charge < -0.3 is 4.52 Å². The highest BCUT2D eigenvalue weighted by Gasteiger charge is 1.94. The van der Waals surface area contributed by atoms with Gasteiger partial charge in [0.2, 0.25) is 0 Å². The third-order valence-electron chi connectivity index (χ3n) is 0.825. The highest BCUT2D eigenvalue weighted by molar-refractivity contribution is 7.79. The van der Waals surface area contributed by atoms with Gasteiger partial charge in [0.15, 0.2) is 0 Å². The van der Waals surface area contributed by atoms with Crippen LogP contribution in [0.5, 0.6) is 0 Å². The number of rotatable bonds is 1. The molecule has 0 bridgehead atoms. The second-order valence-corrected chi connectivity index (χ2v) is 1.86. The first kappa shape index (κ1) is 5.69. The molecule has 0 atom stereocenters. The van der Waals surface area contributed by atoms with E-state index >= 15 is 0 Å². The first-order valence-electron chi connectivity index (χ1n) is 2.33. The smallest absolute Gasteiger partial charge is 0.133 e. The number of nitrogens with zero attached hydrogens (tertiary/aromatic N) is 1. The summed E-state index contributed by atoms with van der Waals surface area (Å²) < 4.78 is 4.74. The van der Waals surface area contributed by atoms with E-state index in [9.17, 15) is 0 Å². The lowest BCUT2D eigenvalue weighted by atomic mass is 10.4. The summed E-state index contributed by atoms with van der Waals surface area (Å²) in [6.07, 6.45) is 0. The van der Waals surface area contributed by atoms with Crippen LogP contribution in [0.3, 0.4) is 0 Å². The second kappa shape index (κ2) is 2.22. The molecule has 43 valence electrons. The molecule has 0 amide bonds. The molecular weight excluding hydrogens is 122 g/mol. The van der Waals surface area contributed by atoms with E-state index in [0.717, 1.165) is 11.5 Å². The van der Waals surface area contributed by atoms with Crippen molar-refractivity contribution in [3.63, 3.8) is 0 Å². The van der Waals surface area contributed by atoms with Gasteiger partial charge in [-0.1, -0.05) is 17.8 Å². The Morgan fingerprint density at radius 1 is 1.88 bits per heavy atom. The zero-order chi connectivity index (χ0) is 5.98. The van der Waals surface area contributed by atoms with Gasteiger partial charge in [-0.3, -0.25) is 0 Å². The fourth-order valence-corrected chi connectivity index (χ4v) is 0.622. The Morgan fingerprint density at radius 3 is 2.88 bits per heavy atom. The number of hydrogen-bond donors (Lipinski definition) is 0. The Labute approximate surface area is 53.3 Å². The van der Waals surface area contributed by atoms with Crippen LogP contribution in [-0.4, -0.2) is 5.16 Å². The van der Waals surface area contributed by atoms with Crippen molar-refractivity contribution in [1.29, 1.82) is 0 Å². The Kier molecular flexibility index (Phi) is 1.58. The van der Waals surface area contributed by atoms with Gasteiger partial charge in [0.1, 0.15) is 5.76 Å². The maximum absolute atomic E-state index is 4.74. The van der Waals surface area contributed by atoms with Crippen molar-refractivity contribution < 1.29 is 4.52 Å². The Balaban J connectivity index is 2.84. The fraction of sp³-hybridized carbons (Fsp3) is 0.400. The normalized spacial score (nSPS) is 9.75. The van der Waals surface area contributed by atoms with E-state index < -0.39 is 0 Å². The van der Waals surface area contributed by atoms with Crippen molar-refractivity contribution in [1.82, 2.24) is 5.16 Å². The minimum Gasteiger partial charge on any atom is -0.361 e. The third kappa shape index (κ3) is 1.04. The van der Waals surface area contributed by atoms with Gasteiger partial charge in [-0.25, -0.2) is 0 Å². The molecule has 8 heavy (non-hydrogen) atoms. The van der Waals surface area contributed by atoms with Gasteiger partial charge in [-0.05, 0) is 6.92 Å². The molecule has 2 nitrogen and oxygen atoms in total. The monoisotopic (exact) mass is 128 g/mol. The average molecular weight is 128 g/mol. The summed E-state index contributed by atoms with van der Waals surface area (Å²) in [4.78, 5) is 0. The zero-order valence-corrected chi connectivity index (χ0v) is 5.36. The van der Waals surface area contributed by atoms with Crippen LogP contribution in [-0.2, 0) is 5.75 Å². The number of hydrogen-bond acceptors (Lipinski definition) is 2. The summed E-state index contributed by atoms with van der Waals surface area (Å²) in [5, 5.41) is 3.66. The Morgan fingerprint density at radius 2 is 2.62 bits per heavy atom. The van der Waals surface area contributed by atoms with Gasteiger partial charge in [-0.2, -0.15) is 0 Å². The summed E-state index contributed by atoms with van der Waals surface area (Å²) in [6.45, 7) is 1.85. The zero-order valence-electron chi connectivity index (χ0n) is 4.55. The predicted molar refractivity (Wildman–Crippen MR) is 32.5 cm³/mol. The van der Waals surface area contributed by atoms with Crippen LogP contribution in [0.25, 0.3) is 0 Å². The third-order valence-corrected chi connectivity index (χ3v) is 1.12. The quantitative estimate of drug-likeness (QED) is 0.575. The van der Waals surface area contributed by atoms with Crippen molar-refractivity contribution in [3.05, 3.63) is 17.5 Å². The summed E-state index contributed by atoms with van der Waals surface area (Å²) in [7, 11) is 0. The average Bonchev–Trinajstić information content (AvgIpc) is 2.14. The van der Waals surface area contributed by atoms with Gasteiger partial charge in [-0.15, -0.1) is 0 Å². The minimum absolute atomic E-state index is 0.539. The molecule has 0 spiro atoms. The lowest BCUT2D eigenvalue weighted by molar-refractivity contribution is 0.393. The molecule has 0 saturated heterocycles. The van der Waals surface area contributed by atoms with Crippen LogP contribution >= 0.6 is 12.6 Å². The van der Waals surface area contributed by atoms with E-state index in [1.54, 1.807) is 0 Å². The van der Waals surface area contributed by atoms with Crippen molar-refractivity contribution in [3.8, 4) is 0 Å². The lowest BCUT2D eigenvalue weighted by Crippen LogP contribution is -1.70. The van der Waals surface area contributed by atoms with E-state index in [2.05, 4.69) is 5.16 Å². The Bertz CT molecular complexity index is 173. The summed E-state index contributed by atoms with van der Waals surface area (Å²) in [5.74, 6) is 1.36. The summed E-state index contributed by atoms with van der Waals surface area (Å²) >= 11 is 4.71. The maximum atomic E-state index is 4.74. The molecule has 0 fully saturated rings. The van der Waals surface area contributed by atoms with Crippen LogP contribution < -0.4 is 0 Å². The predicted octanol–water partition coefficient (Wildman–Crippen LogP) is 1.68. The summed E-state index contributed by atoms with van der Waals surface area (Å²) in [6, 6.07) is 1.84. The van der Waals surface area contributed by atoms with Crippen LogP contribution in [0, 0.1) is 6.92 Å². The molecule has 0 aromatic carbocycles. The Hall–Kier alpha value is -0.440. The van der Waals surface area contributed by atoms with Crippen LogP contribution in [0.15, 0.2) is 10.6 Å². The van der Waals surface area contributed by atoms with E-state index in [0.29, 0.717) is 5.75 Å². The standard InChI is InChI=1S/C5H6NOS/c1-4-2-5(3-8)6-7-4/h2H,3H2,1H3. The fourth-order valence-electron chi connectivity index (χ4n) is 0.486. The van der Waals surface area contributed by atoms with E-state index in [4.69, 9.17) is 17.2 Å². The van der Waals surface area contributed by atoms with Crippen molar-refractivity contribution in [2.45, 2.75) is 12.7 Å². The lowest BCUT2D eigenvalue weighted by Gasteiger charge is -1.73. The highest BCUT2D eigenvalue weighted by atomic mass is 32.1. The number of aromatic nitrogens is 1. The van der Waals surface area contributed by atoms with Gasteiger partial charge in [0.05, 0.1) is 5.69 Å². The minimum atomic E-state index is 0.539. The molecule has 0 saturated carbocycles. The van der Waals surface area contributed by atoms with Crippen molar-refractivity contribution in [2.75, 3.05) is 0 Å². The van der Waals surface area contributed by atoms with Gasteiger partial charge in [0, 0.05) is 11.8 Å². The molecule has 0 aliphatic heterocycles. The van der Waals surface area contributed by atoms with Crippen LogP contribution in [0.1, 0.15) is 11.5 Å².